The first kappa shape index (κ1) is 21.4. The number of hydrogen-bond acceptors (Lipinski definition) is 5. The molecule has 0 saturated heterocycles. The van der Waals surface area contributed by atoms with Crippen LogP contribution in [0.4, 0.5) is 13.2 Å². The van der Waals surface area contributed by atoms with E-state index in [9.17, 15) is 32.7 Å². The van der Waals surface area contributed by atoms with Crippen LogP contribution in [0.1, 0.15) is 30.1 Å². The Morgan fingerprint density at radius 1 is 1.29 bits per heavy atom. The molecule has 2 amide bonds. The minimum atomic E-state index is -5.16. The Hall–Kier alpha value is -2.88. The number of alkyl halides is 3. The zero-order chi connectivity index (χ0) is 20.9. The molecule has 0 saturated carbocycles. The van der Waals surface area contributed by atoms with Crippen molar-refractivity contribution >= 4 is 17.8 Å². The summed E-state index contributed by atoms with van der Waals surface area (Å²) < 4.78 is 44.8. The van der Waals surface area contributed by atoms with Crippen molar-refractivity contribution in [3.63, 3.8) is 0 Å². The number of rotatable bonds is 6. The second kappa shape index (κ2) is 8.42. The second-order valence-corrected chi connectivity index (χ2v) is 5.97. The molecule has 2 N–H and O–H groups in total. The number of amides is 2. The summed E-state index contributed by atoms with van der Waals surface area (Å²) in [6.45, 7) is 0.816. The van der Waals surface area contributed by atoms with E-state index in [0.717, 1.165) is 6.08 Å². The highest BCUT2D eigenvalue weighted by atomic mass is 19.4. The summed E-state index contributed by atoms with van der Waals surface area (Å²) >= 11 is 0. The van der Waals surface area contributed by atoms with Crippen molar-refractivity contribution in [3.05, 3.63) is 47.7 Å². The molecule has 1 aliphatic rings. The third-order valence-electron chi connectivity index (χ3n) is 4.10. The average molecular weight is 400 g/mol. The Morgan fingerprint density at radius 3 is 2.50 bits per heavy atom. The number of carbonyl (C=O) groups is 3. The Labute approximate surface area is 158 Å². The van der Waals surface area contributed by atoms with Gasteiger partial charge in [-0.25, -0.2) is 0 Å². The third-order valence-corrected chi connectivity index (χ3v) is 4.10. The maximum atomic E-state index is 13.4. The van der Waals surface area contributed by atoms with E-state index >= 15 is 0 Å². The smallest absolute Gasteiger partial charge is 0.437 e. The van der Waals surface area contributed by atoms with Crippen LogP contribution in [0.25, 0.3) is 0 Å². The number of nitrogens with zero attached hydrogens (tertiary/aromatic N) is 1. The molecule has 152 valence electrons. The van der Waals surface area contributed by atoms with Crippen molar-refractivity contribution < 1.29 is 37.4 Å². The fraction of sp³-hybridized carbons (Fsp3) is 0.389. The molecule has 0 spiro atoms. The summed E-state index contributed by atoms with van der Waals surface area (Å²) in [6.07, 6.45) is -5.88. The fourth-order valence-corrected chi connectivity index (χ4v) is 2.64. The lowest BCUT2D eigenvalue weighted by Crippen LogP contribution is -2.64. The molecule has 2 rings (SSSR count). The van der Waals surface area contributed by atoms with Crippen LogP contribution >= 0.6 is 0 Å². The monoisotopic (exact) mass is 400 g/mol. The van der Waals surface area contributed by atoms with Crippen LogP contribution in [0.5, 0.6) is 0 Å². The third kappa shape index (κ3) is 4.50. The Bertz CT molecular complexity index is 779. The molecule has 1 aliphatic heterocycles. The molecule has 0 aromatic heterocycles. The van der Waals surface area contributed by atoms with Crippen molar-refractivity contribution in [1.29, 1.82) is 0 Å². The molecular formula is C18H19F3N2O5. The van der Waals surface area contributed by atoms with Gasteiger partial charge in [-0.15, -0.1) is 0 Å². The lowest BCUT2D eigenvalue weighted by Gasteiger charge is -2.42. The van der Waals surface area contributed by atoms with Gasteiger partial charge in [0.2, 0.25) is 5.72 Å². The van der Waals surface area contributed by atoms with E-state index in [4.69, 9.17) is 0 Å². The molecule has 1 aromatic rings. The molecule has 0 unspecified atom stereocenters. The Kier molecular flexibility index (Phi) is 6.45. The molecule has 0 radical (unpaired) electrons. The summed E-state index contributed by atoms with van der Waals surface area (Å²) in [7, 11) is 0. The van der Waals surface area contributed by atoms with Gasteiger partial charge in [-0.05, 0) is 25.1 Å². The van der Waals surface area contributed by atoms with Gasteiger partial charge in [-0.2, -0.15) is 13.2 Å². The lowest BCUT2D eigenvalue weighted by molar-refractivity contribution is -0.309. The number of halogens is 3. The number of benzene rings is 1. The van der Waals surface area contributed by atoms with Crippen LogP contribution in [0, 0.1) is 0 Å². The van der Waals surface area contributed by atoms with Gasteiger partial charge < -0.3 is 20.1 Å². The number of aliphatic hydroxyl groups is 1. The molecule has 1 atom stereocenters. The highest BCUT2D eigenvalue weighted by molar-refractivity contribution is 6.03. The number of carbonyl (C=O) groups excluding carboxylic acids is 3. The van der Waals surface area contributed by atoms with Gasteiger partial charge in [0.25, 0.3) is 11.8 Å². The first-order valence-electron chi connectivity index (χ1n) is 8.43. The summed E-state index contributed by atoms with van der Waals surface area (Å²) in [4.78, 5) is 36.4. The van der Waals surface area contributed by atoms with Gasteiger partial charge in [0, 0.05) is 18.5 Å². The summed E-state index contributed by atoms with van der Waals surface area (Å²) in [5.41, 5.74) is -3.70. The van der Waals surface area contributed by atoms with Gasteiger partial charge in [-0.1, -0.05) is 18.2 Å². The Balaban J connectivity index is 2.24. The van der Waals surface area contributed by atoms with Gasteiger partial charge in [0.15, 0.2) is 0 Å². The molecule has 0 fully saturated rings. The first-order valence-corrected chi connectivity index (χ1v) is 8.43. The second-order valence-electron chi connectivity index (χ2n) is 5.97. The number of nitrogens with one attached hydrogen (secondary N) is 1. The highest BCUT2D eigenvalue weighted by Crippen LogP contribution is 2.39. The first-order chi connectivity index (χ1) is 13.1. The van der Waals surface area contributed by atoms with Gasteiger partial charge in [-0.3, -0.25) is 14.4 Å². The predicted molar refractivity (Wildman–Crippen MR) is 90.6 cm³/mol. The fourth-order valence-electron chi connectivity index (χ4n) is 2.64. The van der Waals surface area contributed by atoms with Gasteiger partial charge in [0.1, 0.15) is 5.70 Å². The molecule has 0 aliphatic carbocycles. The van der Waals surface area contributed by atoms with Crippen molar-refractivity contribution in [2.24, 2.45) is 0 Å². The van der Waals surface area contributed by atoms with Crippen LogP contribution in [-0.4, -0.2) is 52.8 Å². The van der Waals surface area contributed by atoms with E-state index in [1.165, 1.54) is 19.1 Å². The van der Waals surface area contributed by atoms with E-state index in [1.54, 1.807) is 18.2 Å². The van der Waals surface area contributed by atoms with Crippen molar-refractivity contribution in [1.82, 2.24) is 10.2 Å². The van der Waals surface area contributed by atoms with Crippen LogP contribution in [0.15, 0.2) is 42.1 Å². The van der Waals surface area contributed by atoms with E-state index < -0.39 is 54.8 Å². The van der Waals surface area contributed by atoms with Gasteiger partial charge in [0.05, 0.1) is 13.0 Å². The largest absolute Gasteiger partial charge is 0.466 e. The van der Waals surface area contributed by atoms with Gasteiger partial charge >= 0.3 is 12.1 Å². The summed E-state index contributed by atoms with van der Waals surface area (Å²) in [5, 5.41) is 12.4. The highest BCUT2D eigenvalue weighted by Gasteiger charge is 2.60. The summed E-state index contributed by atoms with van der Waals surface area (Å²) in [6, 6.07) is 7.77. The number of esters is 1. The molecule has 10 heteroatoms. The zero-order valence-corrected chi connectivity index (χ0v) is 15.0. The van der Waals surface area contributed by atoms with Crippen molar-refractivity contribution in [2.75, 3.05) is 13.2 Å². The quantitative estimate of drug-likeness (QED) is 0.710. The molecular weight excluding hydrogens is 381 g/mol. The predicted octanol–water partition coefficient (Wildman–Crippen LogP) is 1.74. The average Bonchev–Trinajstić information content (AvgIpc) is 2.64. The molecule has 1 heterocycles. The molecule has 1 aromatic carbocycles. The van der Waals surface area contributed by atoms with Crippen LogP contribution in [0.2, 0.25) is 0 Å². The maximum Gasteiger partial charge on any atom is 0.437 e. The number of hydrogen-bond donors (Lipinski definition) is 2. The SMILES string of the molecule is CCOC(=O)CCN1C(=O)C(NC(=O)c2ccccc2)=CC[C@@]1(O)C(F)(F)F. The van der Waals surface area contributed by atoms with E-state index in [1.807, 2.05) is 0 Å². The standard InChI is InChI=1S/C18H19F3N2O5/c1-2-28-14(24)9-11-23-16(26)13(8-10-17(23,27)18(19,20)21)22-15(25)12-6-4-3-5-7-12/h3-8,27H,2,9-11H2,1H3,(H,22,25)/t17-/m1/s1. The molecule has 28 heavy (non-hydrogen) atoms. The minimum absolute atomic E-state index is 0.0224. The van der Waals surface area contributed by atoms with Crippen LogP contribution in [0.3, 0.4) is 0 Å². The summed E-state index contributed by atoms with van der Waals surface area (Å²) in [5.74, 6) is -2.76. The maximum absolute atomic E-state index is 13.4. The number of ether oxygens (including phenoxy) is 1. The van der Waals surface area contributed by atoms with Crippen molar-refractivity contribution in [2.45, 2.75) is 31.7 Å². The lowest BCUT2D eigenvalue weighted by atomic mass is 10.00. The normalized spacial score (nSPS) is 19.8. The van der Waals surface area contributed by atoms with E-state index in [-0.39, 0.29) is 17.1 Å². The Morgan fingerprint density at radius 2 is 1.93 bits per heavy atom. The van der Waals surface area contributed by atoms with Crippen LogP contribution in [-0.2, 0) is 14.3 Å². The minimum Gasteiger partial charge on any atom is -0.466 e. The van der Waals surface area contributed by atoms with E-state index in [2.05, 4.69) is 10.1 Å². The van der Waals surface area contributed by atoms with Crippen LogP contribution < -0.4 is 5.32 Å². The molecule has 7 nitrogen and oxygen atoms in total. The van der Waals surface area contributed by atoms with Crippen molar-refractivity contribution in [3.8, 4) is 0 Å². The molecule has 0 bridgehead atoms. The zero-order valence-electron chi connectivity index (χ0n) is 15.0. The topological polar surface area (TPSA) is 95.9 Å². The van der Waals surface area contributed by atoms with E-state index in [0.29, 0.717) is 0 Å².